The minimum atomic E-state index is -1.26. The number of rotatable bonds is 2. The topological polar surface area (TPSA) is 37.3 Å². The number of carbonyl (C=O) groups is 1. The molecule has 16 heavy (non-hydrogen) atoms. The lowest BCUT2D eigenvalue weighted by molar-refractivity contribution is 0.0353. The number of aryl methyl sites for hydroxylation is 1. The lowest BCUT2D eigenvalue weighted by Gasteiger charge is -2.20. The summed E-state index contributed by atoms with van der Waals surface area (Å²) in [7, 11) is 0. The largest absolute Gasteiger partial charge is 0.382 e. The van der Waals surface area contributed by atoms with E-state index in [0.717, 1.165) is 12.8 Å². The van der Waals surface area contributed by atoms with E-state index in [2.05, 4.69) is 0 Å². The van der Waals surface area contributed by atoms with Crippen LogP contribution >= 0.6 is 0 Å². The molecule has 0 unspecified atom stereocenters. The molecule has 2 nitrogen and oxygen atoms in total. The molecule has 86 valence electrons. The molecule has 0 amide bonds. The van der Waals surface area contributed by atoms with Crippen LogP contribution in [0.3, 0.4) is 0 Å². The molecule has 0 saturated heterocycles. The third-order valence-electron chi connectivity index (χ3n) is 3.29. The van der Waals surface area contributed by atoms with Gasteiger partial charge >= 0.3 is 0 Å². The molecule has 1 aliphatic carbocycles. The molecule has 1 fully saturated rings. The Bertz CT molecular complexity index is 420. The molecule has 0 bridgehead atoms. The lowest BCUT2D eigenvalue weighted by atomic mass is 9.91. The summed E-state index contributed by atoms with van der Waals surface area (Å²) in [6, 6.07) is 4.37. The first-order valence-electron chi connectivity index (χ1n) is 5.56. The first-order chi connectivity index (χ1) is 7.53. The summed E-state index contributed by atoms with van der Waals surface area (Å²) in [5, 5.41) is 10.1. The van der Waals surface area contributed by atoms with Gasteiger partial charge in [-0.2, -0.15) is 0 Å². The highest BCUT2D eigenvalue weighted by atomic mass is 19.1. The molecule has 2 rings (SSSR count). The van der Waals surface area contributed by atoms with Gasteiger partial charge in [0.15, 0.2) is 5.78 Å². The molecule has 1 aromatic carbocycles. The van der Waals surface area contributed by atoms with Crippen LogP contribution in [0, 0.1) is 12.7 Å². The number of benzene rings is 1. The second-order valence-electron chi connectivity index (χ2n) is 4.53. The second-order valence-corrected chi connectivity index (χ2v) is 4.53. The Morgan fingerprint density at radius 1 is 1.38 bits per heavy atom. The first-order valence-corrected chi connectivity index (χ1v) is 5.56. The van der Waals surface area contributed by atoms with Crippen LogP contribution in [0.5, 0.6) is 0 Å². The van der Waals surface area contributed by atoms with Crippen molar-refractivity contribution in [3.63, 3.8) is 0 Å². The van der Waals surface area contributed by atoms with Crippen molar-refractivity contribution in [2.45, 2.75) is 38.2 Å². The van der Waals surface area contributed by atoms with Crippen LogP contribution in [0.4, 0.5) is 4.39 Å². The molecule has 1 aromatic rings. The lowest BCUT2D eigenvalue weighted by Crippen LogP contribution is -2.35. The van der Waals surface area contributed by atoms with Gasteiger partial charge in [-0.3, -0.25) is 4.79 Å². The third-order valence-corrected chi connectivity index (χ3v) is 3.29. The Hall–Kier alpha value is -1.22. The van der Waals surface area contributed by atoms with E-state index in [-0.39, 0.29) is 11.3 Å². The fourth-order valence-electron chi connectivity index (χ4n) is 2.19. The Morgan fingerprint density at radius 3 is 2.56 bits per heavy atom. The van der Waals surface area contributed by atoms with Crippen LogP contribution in [-0.2, 0) is 0 Å². The van der Waals surface area contributed by atoms with Gasteiger partial charge < -0.3 is 5.11 Å². The van der Waals surface area contributed by atoms with Crippen molar-refractivity contribution in [1.82, 2.24) is 0 Å². The van der Waals surface area contributed by atoms with Crippen LogP contribution in [0.1, 0.15) is 41.6 Å². The Morgan fingerprint density at radius 2 is 2.00 bits per heavy atom. The maximum absolute atomic E-state index is 13.3. The van der Waals surface area contributed by atoms with E-state index in [9.17, 15) is 14.3 Å². The molecule has 0 radical (unpaired) electrons. The van der Waals surface area contributed by atoms with Gasteiger partial charge in [0.1, 0.15) is 11.4 Å². The van der Waals surface area contributed by atoms with Crippen molar-refractivity contribution in [1.29, 1.82) is 0 Å². The van der Waals surface area contributed by atoms with E-state index < -0.39 is 11.4 Å². The second kappa shape index (κ2) is 3.98. The fourth-order valence-corrected chi connectivity index (χ4v) is 2.19. The van der Waals surface area contributed by atoms with Crippen LogP contribution in [0.15, 0.2) is 18.2 Å². The summed E-state index contributed by atoms with van der Waals surface area (Å²) in [5.41, 5.74) is -0.482. The number of Topliss-reactive ketones (excluding diaryl/α,β-unsaturated/α-hetero) is 1. The normalized spacial score (nSPS) is 18.7. The molecule has 1 saturated carbocycles. The molecule has 0 aromatic heterocycles. The monoisotopic (exact) mass is 222 g/mol. The SMILES string of the molecule is Cc1ccc(C(=O)C2(O)CCCC2)cc1F. The standard InChI is InChI=1S/C13H15FO2/c1-9-4-5-10(8-11(9)14)12(15)13(16)6-2-3-7-13/h4-5,8,16H,2-3,6-7H2,1H3. The molecule has 0 heterocycles. The predicted octanol–water partition coefficient (Wildman–Crippen LogP) is 2.62. The Labute approximate surface area is 94.1 Å². The fraction of sp³-hybridized carbons (Fsp3) is 0.462. The molecule has 3 heteroatoms. The van der Waals surface area contributed by atoms with Crippen molar-refractivity contribution >= 4 is 5.78 Å². The number of hydrogen-bond acceptors (Lipinski definition) is 2. The van der Waals surface area contributed by atoms with Gasteiger partial charge in [0, 0.05) is 5.56 Å². The average Bonchev–Trinajstić information content (AvgIpc) is 2.70. The first kappa shape index (κ1) is 11.3. The minimum absolute atomic E-state index is 0.271. The van der Waals surface area contributed by atoms with E-state index >= 15 is 0 Å². The van der Waals surface area contributed by atoms with E-state index in [4.69, 9.17) is 0 Å². The van der Waals surface area contributed by atoms with E-state index in [1.807, 2.05) is 0 Å². The van der Waals surface area contributed by atoms with Crippen molar-refractivity contribution < 1.29 is 14.3 Å². The van der Waals surface area contributed by atoms with Crippen LogP contribution in [0.2, 0.25) is 0 Å². The zero-order chi connectivity index (χ0) is 11.8. The number of halogens is 1. The maximum Gasteiger partial charge on any atom is 0.194 e. The van der Waals surface area contributed by atoms with Crippen molar-refractivity contribution in [3.05, 3.63) is 35.1 Å². The number of aliphatic hydroxyl groups is 1. The summed E-state index contributed by atoms with van der Waals surface area (Å²) in [6.45, 7) is 1.65. The molecular formula is C13H15FO2. The molecule has 0 aliphatic heterocycles. The number of ketones is 1. The summed E-state index contributed by atoms with van der Waals surface area (Å²) >= 11 is 0. The van der Waals surface area contributed by atoms with Crippen molar-refractivity contribution in [2.24, 2.45) is 0 Å². The van der Waals surface area contributed by atoms with E-state index in [0.29, 0.717) is 18.4 Å². The van der Waals surface area contributed by atoms with Gasteiger partial charge in [-0.05, 0) is 44.2 Å². The van der Waals surface area contributed by atoms with Crippen LogP contribution < -0.4 is 0 Å². The number of hydrogen-bond donors (Lipinski definition) is 1. The summed E-state index contributed by atoms with van der Waals surface area (Å²) in [6.07, 6.45) is 2.69. The third kappa shape index (κ3) is 1.87. The zero-order valence-electron chi connectivity index (χ0n) is 9.29. The van der Waals surface area contributed by atoms with Gasteiger partial charge in [-0.25, -0.2) is 4.39 Å². The highest BCUT2D eigenvalue weighted by Crippen LogP contribution is 2.32. The summed E-state index contributed by atoms with van der Waals surface area (Å²) in [4.78, 5) is 12.0. The Kier molecular flexibility index (Phi) is 2.80. The average molecular weight is 222 g/mol. The quantitative estimate of drug-likeness (QED) is 0.781. The summed E-state index contributed by atoms with van der Waals surface area (Å²) < 4.78 is 13.3. The smallest absolute Gasteiger partial charge is 0.194 e. The molecule has 0 atom stereocenters. The van der Waals surface area contributed by atoms with Crippen LogP contribution in [-0.4, -0.2) is 16.5 Å². The molecule has 1 aliphatic rings. The molecule has 0 spiro atoms. The summed E-state index contributed by atoms with van der Waals surface area (Å²) in [5.74, 6) is -0.739. The Balaban J connectivity index is 2.30. The van der Waals surface area contributed by atoms with Gasteiger partial charge in [-0.15, -0.1) is 0 Å². The highest BCUT2D eigenvalue weighted by Gasteiger charge is 2.39. The maximum atomic E-state index is 13.3. The van der Waals surface area contributed by atoms with Crippen molar-refractivity contribution in [3.8, 4) is 0 Å². The van der Waals surface area contributed by atoms with Gasteiger partial charge in [-0.1, -0.05) is 12.1 Å². The van der Waals surface area contributed by atoms with Crippen molar-refractivity contribution in [2.75, 3.05) is 0 Å². The molecular weight excluding hydrogens is 207 g/mol. The van der Waals surface area contributed by atoms with Gasteiger partial charge in [0.25, 0.3) is 0 Å². The van der Waals surface area contributed by atoms with Gasteiger partial charge in [0.05, 0.1) is 0 Å². The predicted molar refractivity (Wildman–Crippen MR) is 58.9 cm³/mol. The number of carbonyl (C=O) groups excluding carboxylic acids is 1. The highest BCUT2D eigenvalue weighted by molar-refractivity contribution is 6.02. The van der Waals surface area contributed by atoms with Gasteiger partial charge in [0.2, 0.25) is 0 Å². The molecule has 1 N–H and O–H groups in total. The van der Waals surface area contributed by atoms with Crippen LogP contribution in [0.25, 0.3) is 0 Å². The minimum Gasteiger partial charge on any atom is -0.382 e. The zero-order valence-corrected chi connectivity index (χ0v) is 9.29. The van der Waals surface area contributed by atoms with E-state index in [1.165, 1.54) is 6.07 Å². The van der Waals surface area contributed by atoms with E-state index in [1.54, 1.807) is 19.1 Å².